The van der Waals surface area contributed by atoms with Gasteiger partial charge in [-0.1, -0.05) is 23.7 Å². The van der Waals surface area contributed by atoms with E-state index in [0.29, 0.717) is 40.4 Å². The summed E-state index contributed by atoms with van der Waals surface area (Å²) in [6, 6.07) is 17.5. The smallest absolute Gasteiger partial charge is 0.290 e. The molecule has 190 valence electrons. The van der Waals surface area contributed by atoms with Crippen LogP contribution in [0, 0.1) is 5.82 Å². The van der Waals surface area contributed by atoms with Crippen LogP contribution in [0.25, 0.3) is 10.9 Å². The van der Waals surface area contributed by atoms with Gasteiger partial charge in [-0.15, -0.1) is 0 Å². The van der Waals surface area contributed by atoms with E-state index >= 15 is 0 Å². The first-order valence-corrected chi connectivity index (χ1v) is 12.0. The molecule has 10 heteroatoms. The van der Waals surface area contributed by atoms with E-state index in [4.69, 9.17) is 21.1 Å². The molecule has 0 saturated carbocycles. The lowest BCUT2D eigenvalue weighted by Gasteiger charge is -2.26. The van der Waals surface area contributed by atoms with Crippen molar-refractivity contribution in [3.8, 4) is 5.75 Å². The van der Waals surface area contributed by atoms with E-state index < -0.39 is 11.7 Å². The topological polar surface area (TPSA) is 101 Å². The molecule has 0 saturated heterocycles. The Morgan fingerprint density at radius 1 is 1.11 bits per heavy atom. The van der Waals surface area contributed by atoms with Gasteiger partial charge in [-0.2, -0.15) is 0 Å². The summed E-state index contributed by atoms with van der Waals surface area (Å²) in [6.07, 6.45) is 0.815. The molecule has 5 rings (SSSR count). The van der Waals surface area contributed by atoms with Crippen LogP contribution in [0.2, 0.25) is 5.02 Å². The number of ether oxygens (including phenoxy) is 2. The Labute approximate surface area is 218 Å². The Hall–Kier alpha value is -3.95. The summed E-state index contributed by atoms with van der Waals surface area (Å²) in [5.41, 5.74) is 2.13. The highest BCUT2D eigenvalue weighted by Crippen LogP contribution is 2.32. The second-order valence-corrected chi connectivity index (χ2v) is 9.39. The SMILES string of the molecule is C[C@@H](O)C1(C)CN=C(Nc2ccc3ncnc(Nc4ccc(OCc5cccc(F)c5)c(Cl)c4)c3c2)O1. The summed E-state index contributed by atoms with van der Waals surface area (Å²) in [4.78, 5) is 13.1. The van der Waals surface area contributed by atoms with E-state index in [1.54, 1.807) is 31.2 Å². The molecular formula is C27H25ClFN5O3. The van der Waals surface area contributed by atoms with Crippen LogP contribution in [0.1, 0.15) is 19.4 Å². The molecule has 37 heavy (non-hydrogen) atoms. The van der Waals surface area contributed by atoms with Gasteiger partial charge in [-0.05, 0) is 67.9 Å². The number of aliphatic hydroxyl groups excluding tert-OH is 1. The van der Waals surface area contributed by atoms with Gasteiger partial charge >= 0.3 is 0 Å². The second kappa shape index (κ2) is 10.2. The van der Waals surface area contributed by atoms with Gasteiger partial charge < -0.3 is 25.2 Å². The standard InChI is InChI=1S/C27H25ClFN5O3/c1-16(35)27(2)14-30-26(37-27)34-19-6-8-23-21(11-19)25(32-15-31-23)33-20-7-9-24(22(28)12-20)36-13-17-4-3-5-18(29)10-17/h3-12,15-16,35H,13-14H2,1-2H3,(H,30,34)(H,31,32,33)/t16-,27?/m1/s1. The monoisotopic (exact) mass is 521 g/mol. The number of aliphatic hydroxyl groups is 1. The minimum absolute atomic E-state index is 0.196. The molecule has 2 heterocycles. The molecule has 2 atom stereocenters. The summed E-state index contributed by atoms with van der Waals surface area (Å²) in [6.45, 7) is 4.05. The molecule has 0 aliphatic carbocycles. The number of rotatable bonds is 7. The zero-order valence-corrected chi connectivity index (χ0v) is 21.0. The molecule has 3 aromatic carbocycles. The fraction of sp³-hybridized carbons (Fsp3) is 0.222. The molecule has 0 bridgehead atoms. The van der Waals surface area contributed by atoms with E-state index in [9.17, 15) is 9.50 Å². The maximum atomic E-state index is 13.4. The van der Waals surface area contributed by atoms with Gasteiger partial charge in [0.1, 0.15) is 30.3 Å². The molecule has 4 aromatic rings. The largest absolute Gasteiger partial charge is 0.487 e. The lowest BCUT2D eigenvalue weighted by atomic mass is 10.0. The lowest BCUT2D eigenvalue weighted by molar-refractivity contribution is -0.0197. The van der Waals surface area contributed by atoms with Gasteiger partial charge in [-0.3, -0.25) is 0 Å². The van der Waals surface area contributed by atoms with Crippen molar-refractivity contribution in [2.45, 2.75) is 32.2 Å². The van der Waals surface area contributed by atoms with Crippen LogP contribution in [0.3, 0.4) is 0 Å². The van der Waals surface area contributed by atoms with Gasteiger partial charge in [0.25, 0.3) is 6.02 Å². The summed E-state index contributed by atoms with van der Waals surface area (Å²) >= 11 is 6.45. The summed E-state index contributed by atoms with van der Waals surface area (Å²) in [7, 11) is 0. The van der Waals surface area contributed by atoms with Crippen LogP contribution in [0.15, 0.2) is 72.0 Å². The number of halogens is 2. The number of aliphatic imine (C=N–C) groups is 1. The van der Waals surface area contributed by atoms with Crippen molar-refractivity contribution in [1.29, 1.82) is 0 Å². The van der Waals surface area contributed by atoms with Crippen molar-refractivity contribution in [2.75, 3.05) is 17.2 Å². The molecule has 0 spiro atoms. The van der Waals surface area contributed by atoms with Crippen LogP contribution in [0.5, 0.6) is 5.75 Å². The van der Waals surface area contributed by atoms with Crippen LogP contribution in [0.4, 0.5) is 21.6 Å². The molecule has 0 radical (unpaired) electrons. The molecule has 8 nitrogen and oxygen atoms in total. The minimum Gasteiger partial charge on any atom is -0.487 e. The number of nitrogens with zero attached hydrogens (tertiary/aromatic N) is 3. The third kappa shape index (κ3) is 5.58. The number of amidine groups is 1. The Kier molecular flexibility index (Phi) is 6.82. The molecular weight excluding hydrogens is 497 g/mol. The Balaban J connectivity index is 1.31. The number of fused-ring (bicyclic) bond motifs is 1. The highest BCUT2D eigenvalue weighted by molar-refractivity contribution is 6.32. The zero-order valence-electron chi connectivity index (χ0n) is 20.2. The first-order chi connectivity index (χ1) is 17.8. The van der Waals surface area contributed by atoms with Gasteiger partial charge in [0.2, 0.25) is 0 Å². The van der Waals surface area contributed by atoms with Gasteiger partial charge in [0.15, 0.2) is 5.60 Å². The molecule has 0 amide bonds. The third-order valence-electron chi connectivity index (χ3n) is 6.11. The summed E-state index contributed by atoms with van der Waals surface area (Å²) in [5.74, 6) is 0.752. The normalized spacial score (nSPS) is 17.7. The van der Waals surface area contributed by atoms with Gasteiger partial charge in [-0.25, -0.2) is 19.4 Å². The van der Waals surface area contributed by atoms with Crippen LogP contribution in [-0.2, 0) is 11.3 Å². The predicted octanol–water partition coefficient (Wildman–Crippen LogP) is 5.68. The quantitative estimate of drug-likeness (QED) is 0.287. The first kappa shape index (κ1) is 24.7. The van der Waals surface area contributed by atoms with Crippen molar-refractivity contribution in [1.82, 2.24) is 9.97 Å². The fourth-order valence-corrected chi connectivity index (χ4v) is 4.01. The average Bonchev–Trinajstić information content (AvgIpc) is 3.26. The summed E-state index contributed by atoms with van der Waals surface area (Å²) < 4.78 is 25.0. The lowest BCUT2D eigenvalue weighted by Crippen LogP contribution is -2.41. The van der Waals surface area contributed by atoms with Crippen molar-refractivity contribution < 1.29 is 19.0 Å². The third-order valence-corrected chi connectivity index (χ3v) is 6.41. The van der Waals surface area contributed by atoms with E-state index in [0.717, 1.165) is 16.6 Å². The average molecular weight is 522 g/mol. The van der Waals surface area contributed by atoms with Crippen molar-refractivity contribution in [2.24, 2.45) is 4.99 Å². The van der Waals surface area contributed by atoms with Gasteiger partial charge in [0.05, 0.1) is 23.2 Å². The number of nitrogens with one attached hydrogen (secondary N) is 2. The molecule has 1 aliphatic rings. The number of anilines is 3. The minimum atomic E-state index is -0.762. The maximum absolute atomic E-state index is 13.4. The number of hydrogen-bond donors (Lipinski definition) is 3. The Morgan fingerprint density at radius 2 is 1.92 bits per heavy atom. The van der Waals surface area contributed by atoms with Crippen LogP contribution < -0.4 is 15.4 Å². The van der Waals surface area contributed by atoms with E-state index in [2.05, 4.69) is 25.6 Å². The Bertz CT molecular complexity index is 1480. The van der Waals surface area contributed by atoms with Crippen molar-refractivity contribution in [3.05, 3.63) is 83.4 Å². The zero-order chi connectivity index (χ0) is 26.0. The molecule has 1 aromatic heterocycles. The second-order valence-electron chi connectivity index (χ2n) is 8.98. The first-order valence-electron chi connectivity index (χ1n) is 11.7. The highest BCUT2D eigenvalue weighted by atomic mass is 35.5. The number of benzene rings is 3. The molecule has 0 fully saturated rings. The maximum Gasteiger partial charge on any atom is 0.290 e. The number of aromatic nitrogens is 2. The van der Waals surface area contributed by atoms with Crippen LogP contribution >= 0.6 is 11.6 Å². The van der Waals surface area contributed by atoms with E-state index in [1.165, 1.54) is 18.5 Å². The van der Waals surface area contributed by atoms with Crippen molar-refractivity contribution in [3.63, 3.8) is 0 Å². The summed E-state index contributed by atoms with van der Waals surface area (Å²) in [5, 5.41) is 17.6. The van der Waals surface area contributed by atoms with Crippen LogP contribution in [-0.4, -0.2) is 39.3 Å². The fourth-order valence-electron chi connectivity index (χ4n) is 3.77. The predicted molar refractivity (Wildman–Crippen MR) is 142 cm³/mol. The molecule has 3 N–H and O–H groups in total. The van der Waals surface area contributed by atoms with E-state index in [-0.39, 0.29) is 12.4 Å². The van der Waals surface area contributed by atoms with Gasteiger partial charge in [0, 0.05) is 16.8 Å². The molecule has 1 aliphatic heterocycles. The molecule has 1 unspecified atom stereocenters. The Morgan fingerprint density at radius 3 is 2.68 bits per heavy atom. The number of hydrogen-bond acceptors (Lipinski definition) is 8. The highest BCUT2D eigenvalue weighted by Gasteiger charge is 2.38. The van der Waals surface area contributed by atoms with Crippen molar-refractivity contribution >= 4 is 45.7 Å². The van der Waals surface area contributed by atoms with E-state index in [1.807, 2.05) is 31.2 Å².